The van der Waals surface area contributed by atoms with Crippen molar-refractivity contribution in [3.05, 3.63) is 117 Å². The maximum Gasteiger partial charge on any atom is 0.414 e. The molecule has 11 nitrogen and oxygen atoms in total. The van der Waals surface area contributed by atoms with E-state index in [9.17, 15) is 14.8 Å². The third-order valence-electron chi connectivity index (χ3n) is 9.41. The van der Waals surface area contributed by atoms with Crippen LogP contribution < -0.4 is 23.8 Å². The van der Waals surface area contributed by atoms with E-state index in [1.54, 1.807) is 60.5 Å². The number of hydrogen-bond donors (Lipinski definition) is 0. The zero-order valence-electron chi connectivity index (χ0n) is 28.6. The number of rotatable bonds is 12. The van der Waals surface area contributed by atoms with Gasteiger partial charge in [0.2, 0.25) is 0 Å². The Bertz CT molecular complexity index is 1860. The van der Waals surface area contributed by atoms with Crippen molar-refractivity contribution in [1.29, 1.82) is 0 Å². The Balaban J connectivity index is 1.27. The standard InChI is InChI=1S/C38H39Cl2N3O8/c1-47-29-9-5-8-28(18-29)43(38(45)51-36-23-41-14-12-25(36)13-15-41)20-24-6-4-7-27(16-24)37(44)50-34(19-30-31(39)21-42(46)22-32(30)40)26-10-11-33(48-2)35(17-26)49-3/h4-11,16-18,21-22,25,34,36H,12-15,19-20,23H2,1-3H3/t34-,36-/m0/s1. The van der Waals surface area contributed by atoms with E-state index in [0.717, 1.165) is 32.5 Å². The second-order valence-electron chi connectivity index (χ2n) is 12.6. The molecule has 7 rings (SSSR count). The van der Waals surface area contributed by atoms with Crippen molar-refractivity contribution in [2.24, 2.45) is 5.92 Å². The molecule has 0 spiro atoms. The number of benzene rings is 3. The van der Waals surface area contributed by atoms with E-state index in [1.165, 1.54) is 26.6 Å². The molecular weight excluding hydrogens is 697 g/mol. The highest BCUT2D eigenvalue weighted by molar-refractivity contribution is 6.35. The summed E-state index contributed by atoms with van der Waals surface area (Å²) in [6.45, 7) is 2.90. The molecule has 51 heavy (non-hydrogen) atoms. The Morgan fingerprint density at radius 2 is 1.65 bits per heavy atom. The fourth-order valence-electron chi connectivity index (χ4n) is 6.65. The number of piperidine rings is 3. The number of carbonyl (C=O) groups is 2. The number of anilines is 1. The smallest absolute Gasteiger partial charge is 0.414 e. The molecule has 4 aromatic rings. The van der Waals surface area contributed by atoms with Gasteiger partial charge in [0.25, 0.3) is 0 Å². The van der Waals surface area contributed by atoms with Gasteiger partial charge in [-0.25, -0.2) is 9.59 Å². The van der Waals surface area contributed by atoms with Crippen LogP contribution in [-0.4, -0.2) is 64.0 Å². The van der Waals surface area contributed by atoms with Crippen molar-refractivity contribution in [3.63, 3.8) is 0 Å². The lowest BCUT2D eigenvalue weighted by atomic mass is 9.86. The fraction of sp³-hybridized carbons (Fsp3) is 0.342. The number of fused-ring (bicyclic) bond motifs is 3. The van der Waals surface area contributed by atoms with Crippen molar-refractivity contribution in [3.8, 4) is 17.2 Å². The highest BCUT2D eigenvalue weighted by atomic mass is 35.5. The molecule has 3 aromatic carbocycles. The zero-order valence-corrected chi connectivity index (χ0v) is 30.1. The molecule has 2 bridgehead atoms. The highest BCUT2D eigenvalue weighted by Crippen LogP contribution is 2.36. The number of methoxy groups -OCH3 is 3. The van der Waals surface area contributed by atoms with Crippen LogP contribution in [0.2, 0.25) is 10.0 Å². The number of carbonyl (C=O) groups excluding carboxylic acids is 2. The summed E-state index contributed by atoms with van der Waals surface area (Å²) in [7, 11) is 4.60. The van der Waals surface area contributed by atoms with Crippen molar-refractivity contribution < 1.29 is 38.0 Å². The maximum atomic E-state index is 13.9. The van der Waals surface area contributed by atoms with Crippen molar-refractivity contribution >= 4 is 41.0 Å². The molecule has 2 atom stereocenters. The topological polar surface area (TPSA) is 114 Å². The average Bonchev–Trinajstić information content (AvgIpc) is 3.15. The summed E-state index contributed by atoms with van der Waals surface area (Å²) in [5, 5.41) is 12.2. The van der Waals surface area contributed by atoms with E-state index in [0.29, 0.717) is 50.3 Å². The molecule has 3 aliphatic heterocycles. The van der Waals surface area contributed by atoms with E-state index in [1.807, 2.05) is 18.2 Å². The first-order valence-corrected chi connectivity index (χ1v) is 17.3. The number of aromatic nitrogens is 1. The fourth-order valence-corrected chi connectivity index (χ4v) is 7.24. The third kappa shape index (κ3) is 8.44. The summed E-state index contributed by atoms with van der Waals surface area (Å²) >= 11 is 12.9. The monoisotopic (exact) mass is 735 g/mol. The van der Waals surface area contributed by atoms with Crippen LogP contribution in [0.15, 0.2) is 79.1 Å². The van der Waals surface area contributed by atoms with Gasteiger partial charge in [0.1, 0.15) is 28.0 Å². The lowest BCUT2D eigenvalue weighted by Crippen LogP contribution is -2.53. The Morgan fingerprint density at radius 1 is 0.922 bits per heavy atom. The molecule has 13 heteroatoms. The zero-order chi connectivity index (χ0) is 36.1. The van der Waals surface area contributed by atoms with Crippen molar-refractivity contribution in [2.75, 3.05) is 45.9 Å². The summed E-state index contributed by atoms with van der Waals surface area (Å²) in [5.74, 6) is 1.24. The largest absolute Gasteiger partial charge is 0.619 e. The van der Waals surface area contributed by atoms with E-state index in [4.69, 9.17) is 46.9 Å². The summed E-state index contributed by atoms with van der Waals surface area (Å²) in [6, 6.07) is 19.3. The third-order valence-corrected chi connectivity index (χ3v) is 10.1. The van der Waals surface area contributed by atoms with E-state index >= 15 is 0 Å². The van der Waals surface area contributed by atoms with Crippen LogP contribution in [0.3, 0.4) is 0 Å². The second-order valence-corrected chi connectivity index (χ2v) is 13.4. The first-order valence-electron chi connectivity index (χ1n) is 16.6. The minimum atomic E-state index is -0.886. The molecule has 0 saturated carbocycles. The Labute approximate surface area is 306 Å². The Kier molecular flexibility index (Phi) is 11.4. The number of ether oxygens (including phenoxy) is 5. The number of hydrogen-bond acceptors (Lipinski definition) is 9. The van der Waals surface area contributed by atoms with Crippen LogP contribution in [0, 0.1) is 11.1 Å². The van der Waals surface area contributed by atoms with E-state index < -0.39 is 18.2 Å². The molecule has 0 N–H and O–H groups in total. The van der Waals surface area contributed by atoms with Crippen LogP contribution in [0.5, 0.6) is 17.2 Å². The van der Waals surface area contributed by atoms with Gasteiger partial charge in [-0.15, -0.1) is 0 Å². The van der Waals surface area contributed by atoms with Gasteiger partial charge in [-0.2, -0.15) is 4.73 Å². The number of nitrogens with zero attached hydrogens (tertiary/aromatic N) is 3. The van der Waals surface area contributed by atoms with Gasteiger partial charge >= 0.3 is 12.1 Å². The van der Waals surface area contributed by atoms with Crippen LogP contribution >= 0.6 is 23.2 Å². The van der Waals surface area contributed by atoms with Gasteiger partial charge in [0.15, 0.2) is 23.9 Å². The molecule has 3 fully saturated rings. The predicted molar refractivity (Wildman–Crippen MR) is 192 cm³/mol. The van der Waals surface area contributed by atoms with Gasteiger partial charge < -0.3 is 28.9 Å². The first kappa shape index (κ1) is 36.1. The van der Waals surface area contributed by atoms with Gasteiger partial charge in [-0.3, -0.25) is 9.80 Å². The number of amides is 1. The summed E-state index contributed by atoms with van der Waals surface area (Å²) in [4.78, 5) is 31.6. The molecule has 0 radical (unpaired) electrons. The molecule has 4 heterocycles. The number of pyridine rings is 1. The molecule has 3 saturated heterocycles. The molecular formula is C38H39Cl2N3O8. The average molecular weight is 737 g/mol. The van der Waals surface area contributed by atoms with Crippen LogP contribution in [-0.2, 0) is 22.4 Å². The minimum Gasteiger partial charge on any atom is -0.619 e. The summed E-state index contributed by atoms with van der Waals surface area (Å²) in [5.41, 5.74) is 2.55. The number of esters is 1. The Hall–Kier alpha value is -4.71. The van der Waals surface area contributed by atoms with Crippen LogP contribution in [0.4, 0.5) is 10.5 Å². The van der Waals surface area contributed by atoms with Gasteiger partial charge in [0.05, 0.1) is 39.1 Å². The SMILES string of the molecule is COc1cccc(N(Cc2cccc(C(=O)O[C@@H](Cc3c(Cl)c[n+]([O-])cc3Cl)c3ccc(OC)c(OC)c3)c2)C(=O)O[C@H]2CN3CCC2CC3)c1. The summed E-state index contributed by atoms with van der Waals surface area (Å²) in [6.07, 6.45) is 2.91. The number of halogens is 2. The Morgan fingerprint density at radius 3 is 2.31 bits per heavy atom. The lowest BCUT2D eigenvalue weighted by molar-refractivity contribution is -0.605. The van der Waals surface area contributed by atoms with Gasteiger partial charge in [0, 0.05) is 24.6 Å². The van der Waals surface area contributed by atoms with Gasteiger partial charge in [-0.05, 0) is 79.4 Å². The van der Waals surface area contributed by atoms with Crippen molar-refractivity contribution in [2.45, 2.75) is 38.0 Å². The van der Waals surface area contributed by atoms with Crippen LogP contribution in [0.1, 0.15) is 46.0 Å². The first-order chi connectivity index (χ1) is 24.6. The van der Waals surface area contributed by atoms with Gasteiger partial charge in [-0.1, -0.05) is 47.5 Å². The lowest BCUT2D eigenvalue weighted by Gasteiger charge is -2.44. The van der Waals surface area contributed by atoms with E-state index in [2.05, 4.69) is 4.90 Å². The minimum absolute atomic E-state index is 0.0640. The quantitative estimate of drug-likeness (QED) is 0.0860. The highest BCUT2D eigenvalue weighted by Gasteiger charge is 2.37. The summed E-state index contributed by atoms with van der Waals surface area (Å²) < 4.78 is 29.1. The maximum absolute atomic E-state index is 13.9. The molecule has 1 amide bonds. The second kappa shape index (κ2) is 16.1. The molecule has 1 aromatic heterocycles. The molecule has 268 valence electrons. The molecule has 0 aliphatic carbocycles. The van der Waals surface area contributed by atoms with Crippen LogP contribution in [0.25, 0.3) is 0 Å². The predicted octanol–water partition coefficient (Wildman–Crippen LogP) is 7.03. The molecule has 3 aliphatic rings. The normalized spacial score (nSPS) is 18.4. The van der Waals surface area contributed by atoms with Crippen molar-refractivity contribution in [1.82, 2.24) is 4.90 Å². The molecule has 0 unspecified atom stereocenters. The van der Waals surface area contributed by atoms with E-state index in [-0.39, 0.29) is 34.7 Å².